The zero-order valence-corrected chi connectivity index (χ0v) is 58.6. The van der Waals surface area contributed by atoms with Crippen LogP contribution in [0.25, 0.3) is 93.6 Å². The number of carbonyl (C=O) groups is 2. The van der Waals surface area contributed by atoms with Crippen LogP contribution in [0.1, 0.15) is 207 Å². The summed E-state index contributed by atoms with van der Waals surface area (Å²) in [5, 5.41) is 23.1. The van der Waals surface area contributed by atoms with Crippen molar-refractivity contribution in [1.82, 2.24) is 0 Å². The van der Waals surface area contributed by atoms with Gasteiger partial charge >= 0.3 is 0 Å². The van der Waals surface area contributed by atoms with Gasteiger partial charge in [0.1, 0.15) is 0 Å². The summed E-state index contributed by atoms with van der Waals surface area (Å²) in [4.78, 5) is 48.1. The molecule has 0 radical (unpaired) electrons. The van der Waals surface area contributed by atoms with Crippen molar-refractivity contribution in [3.8, 4) is 52.5 Å². The van der Waals surface area contributed by atoms with E-state index in [1.165, 1.54) is 120 Å². The number of carbonyl (C=O) groups excluding carboxylic acids is 2. The van der Waals surface area contributed by atoms with Crippen LogP contribution in [0.15, 0.2) is 120 Å². The van der Waals surface area contributed by atoms with Gasteiger partial charge in [-0.15, -0.1) is 68.0 Å². The minimum Gasteiger partial charge on any atom is -0.289 e. The fourth-order valence-electron chi connectivity index (χ4n) is 13.4. The third kappa shape index (κ3) is 13.7. The quantitative estimate of drug-likeness (QED) is 0.0211. The van der Waals surface area contributed by atoms with Gasteiger partial charge in [-0.25, -0.2) is 20.2 Å². The second-order valence-corrected chi connectivity index (χ2v) is 31.2. The van der Waals surface area contributed by atoms with Crippen molar-refractivity contribution in [2.45, 2.75) is 170 Å². The molecule has 0 fully saturated rings. The first-order chi connectivity index (χ1) is 45.0. The molecule has 2 aliphatic rings. The van der Waals surface area contributed by atoms with Gasteiger partial charge in [0.25, 0.3) is 11.4 Å². The number of aryl methyl sites for hydroxylation is 2. The van der Waals surface area contributed by atoms with Crippen molar-refractivity contribution in [3.05, 3.63) is 195 Å². The number of thiophene rings is 6. The van der Waals surface area contributed by atoms with E-state index in [1.54, 1.807) is 34.8 Å². The molecule has 0 saturated heterocycles. The van der Waals surface area contributed by atoms with E-state index in [4.69, 9.17) is 13.1 Å². The number of allylic oxidation sites excluding steroid dienone is 6. The molecule has 92 heavy (non-hydrogen) atoms. The summed E-state index contributed by atoms with van der Waals surface area (Å²) < 4.78 is 2.52. The lowest BCUT2D eigenvalue weighted by Gasteiger charge is -2.13. The summed E-state index contributed by atoms with van der Waals surface area (Å²) in [6.07, 6.45) is 26.3. The van der Waals surface area contributed by atoms with Gasteiger partial charge in [0.15, 0.2) is 11.6 Å². The maximum Gasteiger partial charge on any atom is 0.270 e. The Kier molecular flexibility index (Phi) is 22.0. The number of nitrogens with zero attached hydrogens (tertiary/aromatic N) is 4. The molecule has 0 bridgehead atoms. The summed E-state index contributed by atoms with van der Waals surface area (Å²) in [6.45, 7) is 29.8. The normalized spacial score (nSPS) is 15.5. The molecule has 6 aromatic heterocycles. The van der Waals surface area contributed by atoms with E-state index in [2.05, 4.69) is 112 Å². The molecular weight excluding hydrogens is 1240 g/mol. The Bertz CT molecular complexity index is 4190. The van der Waals surface area contributed by atoms with E-state index in [-0.39, 0.29) is 23.0 Å². The Morgan fingerprint density at radius 3 is 1.25 bits per heavy atom. The number of rotatable bonds is 28. The van der Waals surface area contributed by atoms with Crippen LogP contribution in [-0.4, -0.2) is 11.6 Å². The van der Waals surface area contributed by atoms with E-state index >= 15 is 0 Å². The van der Waals surface area contributed by atoms with Gasteiger partial charge in [-0.2, -0.15) is 0 Å². The zero-order valence-electron chi connectivity index (χ0n) is 53.7. The number of fused-ring (bicyclic) bond motifs is 4. The first-order valence-electron chi connectivity index (χ1n) is 33.2. The summed E-state index contributed by atoms with van der Waals surface area (Å²) in [5.41, 5.74) is 8.83. The van der Waals surface area contributed by atoms with Crippen molar-refractivity contribution in [2.75, 3.05) is 0 Å². The van der Waals surface area contributed by atoms with E-state index in [9.17, 15) is 20.1 Å². The van der Waals surface area contributed by atoms with Crippen LogP contribution in [0.5, 0.6) is 0 Å². The molecule has 6 nitrogen and oxygen atoms in total. The van der Waals surface area contributed by atoms with Crippen LogP contribution in [0.2, 0.25) is 0 Å². The van der Waals surface area contributed by atoms with E-state index in [1.807, 2.05) is 93.9 Å². The molecule has 9 aromatic rings. The number of benzene rings is 3. The van der Waals surface area contributed by atoms with Crippen LogP contribution in [0.4, 0.5) is 0 Å². The molecule has 0 aliphatic heterocycles. The number of Topliss-reactive ketones (excluding diaryl/α,β-unsaturated/α-hetero) is 2. The lowest BCUT2D eigenvalue weighted by molar-refractivity contribution is 0.103. The van der Waals surface area contributed by atoms with Gasteiger partial charge in [0.05, 0.1) is 25.3 Å². The molecule has 6 heterocycles. The van der Waals surface area contributed by atoms with Crippen molar-refractivity contribution in [2.24, 2.45) is 11.8 Å². The average Bonchev–Trinajstić information content (AvgIpc) is 1.56. The maximum atomic E-state index is 14.4. The van der Waals surface area contributed by atoms with E-state index in [0.717, 1.165) is 99.6 Å². The summed E-state index contributed by atoms with van der Waals surface area (Å²) in [7, 11) is 0. The van der Waals surface area contributed by atoms with Crippen LogP contribution < -0.4 is 0 Å². The highest BCUT2D eigenvalue weighted by atomic mass is 32.1. The van der Waals surface area contributed by atoms with E-state index in [0.29, 0.717) is 56.4 Å². The molecule has 12 heteroatoms. The third-order valence-corrected chi connectivity index (χ3v) is 25.6. The Morgan fingerprint density at radius 1 is 0.478 bits per heavy atom. The predicted molar refractivity (Wildman–Crippen MR) is 396 cm³/mol. The first kappa shape index (κ1) is 66.1. The topological polar surface area (TPSA) is 90.4 Å². The van der Waals surface area contributed by atoms with Gasteiger partial charge in [-0.3, -0.25) is 9.59 Å². The molecular formula is C80H78N4O2S6. The molecule has 466 valence electrons. The fraction of sp³-hybridized carbons (Fsp3) is 0.350. The number of hydrogen-bond acceptors (Lipinski definition) is 10. The largest absolute Gasteiger partial charge is 0.289 e. The molecule has 2 unspecified atom stereocenters. The standard InChI is InChI=1S/C80H78N4O2S6/c1-9-15-19-21-29-51-41-55(43-61-71(65(47-81)83-7)57-31-23-25-33-59(57)75(61)85)89-77(51)69-45-63-73(67-37-35-53(87-67)39-49(13-5)27-17-11-3)80-64(74(79(63)91-69)68-38-36-54(88-68)40-50(14-6)28-18-12-4)46-70(92-80)78-52(30-22-20-16-10-2)42-56(90-78)44-62-72(66(48-82)84-8)58-32-24-26-34-60(58)76(62)86/h23-26,31-38,41-46,49-50H,9-22,27-30,39-40H2,1-6H3/b61-43-,62-44-,71-65+,72-66?. The highest BCUT2D eigenvalue weighted by Crippen LogP contribution is 2.57. The molecule has 0 saturated carbocycles. The Morgan fingerprint density at radius 2 is 0.880 bits per heavy atom. The number of nitriles is 2. The molecule has 0 N–H and O–H groups in total. The van der Waals surface area contributed by atoms with Crippen LogP contribution in [-0.2, 0) is 25.7 Å². The van der Waals surface area contributed by atoms with Gasteiger partial charge in [0, 0.05) is 113 Å². The highest BCUT2D eigenvalue weighted by Gasteiger charge is 2.35. The van der Waals surface area contributed by atoms with Crippen molar-refractivity contribution >= 4 is 123 Å². The lowest BCUT2D eigenvalue weighted by Crippen LogP contribution is -2.01. The smallest absolute Gasteiger partial charge is 0.270 e. The third-order valence-electron chi connectivity index (χ3n) is 18.4. The maximum absolute atomic E-state index is 14.4. The highest BCUT2D eigenvalue weighted by molar-refractivity contribution is 7.29. The monoisotopic (exact) mass is 1320 g/mol. The predicted octanol–water partition coefficient (Wildman–Crippen LogP) is 25.7. The van der Waals surface area contributed by atoms with Gasteiger partial charge in [-0.05, 0) is 133 Å². The minimum atomic E-state index is -0.162. The lowest BCUT2D eigenvalue weighted by atomic mass is 9.95. The molecule has 11 rings (SSSR count). The Labute approximate surface area is 568 Å². The number of ketones is 2. The molecule has 0 spiro atoms. The Balaban J connectivity index is 1.16. The summed E-state index contributed by atoms with van der Waals surface area (Å²) >= 11 is 11.1. The Hall–Kier alpha value is -7.36. The van der Waals surface area contributed by atoms with Crippen LogP contribution in [0, 0.1) is 47.6 Å². The number of unbranched alkanes of at least 4 members (excludes halogenated alkanes) is 8. The molecule has 0 amide bonds. The minimum absolute atomic E-state index is 0.0735. The van der Waals surface area contributed by atoms with Crippen molar-refractivity contribution in [3.63, 3.8) is 0 Å². The summed E-state index contributed by atoms with van der Waals surface area (Å²) in [5.74, 6) is 0.910. The molecule has 2 aliphatic carbocycles. The van der Waals surface area contributed by atoms with Gasteiger partial charge < -0.3 is 0 Å². The van der Waals surface area contributed by atoms with Crippen molar-refractivity contribution in [1.29, 1.82) is 10.5 Å². The van der Waals surface area contributed by atoms with Crippen LogP contribution in [0.3, 0.4) is 0 Å². The molecule has 2 atom stereocenters. The second-order valence-electron chi connectivity index (χ2n) is 24.6. The zero-order chi connectivity index (χ0) is 64.4. The molecule has 3 aromatic carbocycles. The summed E-state index contributed by atoms with van der Waals surface area (Å²) in [6, 6.07) is 38.1. The average molecular weight is 1320 g/mol. The first-order valence-corrected chi connectivity index (χ1v) is 38.1. The SMILES string of the molecule is [C-]#[N+]C(C#N)=C1/C(=C/c2cc(CCCCCC)c(-c3cc4c(-c5ccc(CC(CC)CCCC)s5)c5sc(-c6sc(/C=C7\C(=O)c8ccccc8\C7=C(\C#N)[N+]#[C-])cc6CCCCCC)cc5c(-c5ccc(CC(CC)CCCC)s5)c4s3)s2)C(=O)c2ccccc21. The van der Waals surface area contributed by atoms with Crippen LogP contribution >= 0.6 is 68.0 Å². The fourth-order valence-corrected chi connectivity index (χ4v) is 21.0. The van der Waals surface area contributed by atoms with Crippen molar-refractivity contribution < 1.29 is 9.59 Å². The van der Waals surface area contributed by atoms with E-state index < -0.39 is 0 Å². The van der Waals surface area contributed by atoms with Gasteiger partial charge in [0.2, 0.25) is 0 Å². The second kappa shape index (κ2) is 30.6. The van der Waals surface area contributed by atoms with Gasteiger partial charge in [-0.1, -0.05) is 180 Å². The number of hydrogen-bond donors (Lipinski definition) is 0.